The molecule has 1 unspecified atom stereocenters. The lowest BCUT2D eigenvalue weighted by Crippen LogP contribution is -2.49. The van der Waals surface area contributed by atoms with Crippen LogP contribution in [-0.4, -0.2) is 43.9 Å². The van der Waals surface area contributed by atoms with Crippen molar-refractivity contribution in [2.75, 3.05) is 24.6 Å². The van der Waals surface area contributed by atoms with Crippen LogP contribution < -0.4 is 5.32 Å². The molecule has 0 bridgehead atoms. The van der Waals surface area contributed by atoms with Gasteiger partial charge in [-0.05, 0) is 36.5 Å². The Kier molecular flexibility index (Phi) is 4.32. The number of urea groups is 1. The summed E-state index contributed by atoms with van der Waals surface area (Å²) in [5, 5.41) is 3.73. The highest BCUT2D eigenvalue weighted by Gasteiger charge is 2.35. The van der Waals surface area contributed by atoms with Crippen LogP contribution in [0, 0.1) is 5.92 Å². The summed E-state index contributed by atoms with van der Waals surface area (Å²) in [6.45, 7) is 0.540. The molecule has 0 radical (unpaired) electrons. The maximum absolute atomic E-state index is 12.4. The minimum Gasteiger partial charge on any atom is -0.331 e. The van der Waals surface area contributed by atoms with Crippen LogP contribution in [0.25, 0.3) is 0 Å². The highest BCUT2D eigenvalue weighted by atomic mass is 35.5. The lowest BCUT2D eigenvalue weighted by molar-refractivity contribution is 0.196. The van der Waals surface area contributed by atoms with Gasteiger partial charge in [0.25, 0.3) is 0 Å². The molecule has 2 aliphatic rings. The van der Waals surface area contributed by atoms with E-state index in [-0.39, 0.29) is 36.7 Å². The van der Waals surface area contributed by atoms with E-state index in [2.05, 4.69) is 5.32 Å². The molecule has 1 aliphatic carbocycles. The Bertz CT molecular complexity index is 642. The van der Waals surface area contributed by atoms with Gasteiger partial charge in [-0.15, -0.1) is 0 Å². The van der Waals surface area contributed by atoms with Crippen molar-refractivity contribution in [2.45, 2.75) is 18.9 Å². The van der Waals surface area contributed by atoms with Gasteiger partial charge >= 0.3 is 6.03 Å². The Labute approximate surface area is 135 Å². The molecule has 1 N–H and O–H groups in total. The first kappa shape index (κ1) is 15.6. The lowest BCUT2D eigenvalue weighted by atomic mass is 10.0. The number of amides is 2. The molecule has 1 heterocycles. The highest BCUT2D eigenvalue weighted by molar-refractivity contribution is 7.91. The summed E-state index contributed by atoms with van der Waals surface area (Å²) in [7, 11) is -2.97. The molecule has 1 aliphatic heterocycles. The number of rotatable bonds is 3. The maximum atomic E-state index is 12.4. The Morgan fingerprint density at radius 2 is 1.77 bits per heavy atom. The van der Waals surface area contributed by atoms with Gasteiger partial charge in [0.2, 0.25) is 0 Å². The standard InChI is InChI=1S/C15H19ClN2O3S/c16-13-5-3-12(4-6-13)14(11-1-2-11)17-15(19)18-7-9-22(20,21)10-8-18/h3-6,11,14H,1-2,7-10H2,(H,17,19). The van der Waals surface area contributed by atoms with E-state index in [1.165, 1.54) is 0 Å². The Morgan fingerprint density at radius 1 is 1.18 bits per heavy atom. The molecule has 1 aromatic carbocycles. The molecular weight excluding hydrogens is 324 g/mol. The van der Waals surface area contributed by atoms with E-state index < -0.39 is 9.84 Å². The summed E-state index contributed by atoms with van der Waals surface area (Å²) in [5.74, 6) is 0.559. The van der Waals surface area contributed by atoms with E-state index in [1.54, 1.807) is 4.90 Å². The Morgan fingerprint density at radius 3 is 2.32 bits per heavy atom. The van der Waals surface area contributed by atoms with Crippen LogP contribution in [0.2, 0.25) is 5.02 Å². The number of nitrogens with zero attached hydrogens (tertiary/aromatic N) is 1. The highest BCUT2D eigenvalue weighted by Crippen LogP contribution is 2.41. The predicted octanol–water partition coefficient (Wildman–Crippen LogP) is 2.23. The zero-order valence-corrected chi connectivity index (χ0v) is 13.7. The van der Waals surface area contributed by atoms with Gasteiger partial charge in [0, 0.05) is 18.1 Å². The fraction of sp³-hybridized carbons (Fsp3) is 0.533. The fourth-order valence-electron chi connectivity index (χ4n) is 2.71. The average Bonchev–Trinajstić information content (AvgIpc) is 3.30. The van der Waals surface area contributed by atoms with Gasteiger partial charge in [-0.1, -0.05) is 23.7 Å². The summed E-state index contributed by atoms with van der Waals surface area (Å²) >= 11 is 5.91. The summed E-state index contributed by atoms with van der Waals surface area (Å²) < 4.78 is 22.9. The maximum Gasteiger partial charge on any atom is 0.317 e. The van der Waals surface area contributed by atoms with E-state index in [4.69, 9.17) is 11.6 Å². The van der Waals surface area contributed by atoms with Crippen molar-refractivity contribution in [1.29, 1.82) is 0 Å². The lowest BCUT2D eigenvalue weighted by Gasteiger charge is -2.29. The minimum absolute atomic E-state index is 0.0247. The molecule has 120 valence electrons. The van der Waals surface area contributed by atoms with Gasteiger partial charge in [-0.3, -0.25) is 0 Å². The third-order valence-electron chi connectivity index (χ3n) is 4.23. The Hall–Kier alpha value is -1.27. The second-order valence-electron chi connectivity index (χ2n) is 5.96. The van der Waals surface area contributed by atoms with E-state index in [1.807, 2.05) is 24.3 Å². The van der Waals surface area contributed by atoms with Crippen molar-refractivity contribution < 1.29 is 13.2 Å². The van der Waals surface area contributed by atoms with Crippen molar-refractivity contribution in [1.82, 2.24) is 10.2 Å². The van der Waals surface area contributed by atoms with Crippen LogP contribution in [0.15, 0.2) is 24.3 Å². The molecule has 7 heteroatoms. The van der Waals surface area contributed by atoms with Gasteiger partial charge in [-0.2, -0.15) is 0 Å². The topological polar surface area (TPSA) is 66.5 Å². The number of carbonyl (C=O) groups is 1. The van der Waals surface area contributed by atoms with E-state index in [0.29, 0.717) is 10.9 Å². The van der Waals surface area contributed by atoms with Crippen molar-refractivity contribution >= 4 is 27.5 Å². The third-order valence-corrected chi connectivity index (χ3v) is 6.09. The quantitative estimate of drug-likeness (QED) is 0.916. The third kappa shape index (κ3) is 3.73. The summed E-state index contributed by atoms with van der Waals surface area (Å²) in [5.41, 5.74) is 1.05. The number of nitrogens with one attached hydrogen (secondary N) is 1. The molecule has 2 fully saturated rings. The van der Waals surface area contributed by atoms with Crippen LogP contribution in [0.5, 0.6) is 0 Å². The van der Waals surface area contributed by atoms with Crippen LogP contribution in [-0.2, 0) is 9.84 Å². The number of sulfone groups is 1. The SMILES string of the molecule is O=C(NC(c1ccc(Cl)cc1)C1CC1)N1CCS(=O)(=O)CC1. The molecule has 5 nitrogen and oxygen atoms in total. The van der Waals surface area contributed by atoms with E-state index in [0.717, 1.165) is 18.4 Å². The van der Waals surface area contributed by atoms with Crippen LogP contribution in [0.3, 0.4) is 0 Å². The fourth-order valence-corrected chi connectivity index (χ4v) is 4.04. The van der Waals surface area contributed by atoms with Crippen LogP contribution in [0.4, 0.5) is 4.79 Å². The van der Waals surface area contributed by atoms with Crippen molar-refractivity contribution in [2.24, 2.45) is 5.92 Å². The van der Waals surface area contributed by atoms with Crippen LogP contribution in [0.1, 0.15) is 24.4 Å². The zero-order valence-electron chi connectivity index (χ0n) is 12.2. The predicted molar refractivity (Wildman–Crippen MR) is 85.7 cm³/mol. The molecule has 2 amide bonds. The molecule has 1 atom stereocenters. The average molecular weight is 343 g/mol. The monoisotopic (exact) mass is 342 g/mol. The van der Waals surface area contributed by atoms with Crippen LogP contribution >= 0.6 is 11.6 Å². The second kappa shape index (κ2) is 6.08. The number of halogens is 1. The van der Waals surface area contributed by atoms with Crippen molar-refractivity contribution in [3.8, 4) is 0 Å². The van der Waals surface area contributed by atoms with Crippen molar-refractivity contribution in [3.05, 3.63) is 34.9 Å². The molecule has 1 aromatic rings. The van der Waals surface area contributed by atoms with E-state index in [9.17, 15) is 13.2 Å². The first-order valence-corrected chi connectivity index (χ1v) is 9.66. The van der Waals surface area contributed by atoms with E-state index >= 15 is 0 Å². The van der Waals surface area contributed by atoms with Gasteiger partial charge in [0.1, 0.15) is 0 Å². The largest absolute Gasteiger partial charge is 0.331 e. The van der Waals surface area contributed by atoms with Gasteiger partial charge in [0.05, 0.1) is 17.5 Å². The second-order valence-corrected chi connectivity index (χ2v) is 8.70. The number of hydrogen-bond acceptors (Lipinski definition) is 3. The summed E-state index contributed by atoms with van der Waals surface area (Å²) in [6.07, 6.45) is 2.20. The van der Waals surface area contributed by atoms with Gasteiger partial charge in [0.15, 0.2) is 9.84 Å². The Balaban J connectivity index is 1.66. The molecule has 3 rings (SSSR count). The molecule has 1 saturated carbocycles. The number of carbonyl (C=O) groups excluding carboxylic acids is 1. The van der Waals surface area contributed by atoms with Gasteiger partial charge < -0.3 is 10.2 Å². The van der Waals surface area contributed by atoms with Crippen molar-refractivity contribution in [3.63, 3.8) is 0 Å². The summed E-state index contributed by atoms with van der Waals surface area (Å²) in [4.78, 5) is 14.0. The normalized spacial score (nSPS) is 22.1. The molecule has 0 aromatic heterocycles. The minimum atomic E-state index is -2.97. The number of hydrogen-bond donors (Lipinski definition) is 1. The molecule has 1 saturated heterocycles. The molecular formula is C15H19ClN2O3S. The zero-order chi connectivity index (χ0) is 15.7. The summed E-state index contributed by atoms with van der Waals surface area (Å²) in [6, 6.07) is 7.32. The first-order chi connectivity index (χ1) is 10.4. The van der Waals surface area contributed by atoms with Gasteiger partial charge in [-0.25, -0.2) is 13.2 Å². The first-order valence-electron chi connectivity index (χ1n) is 7.46. The number of benzene rings is 1. The molecule has 0 spiro atoms. The molecule has 22 heavy (non-hydrogen) atoms. The smallest absolute Gasteiger partial charge is 0.317 e.